The van der Waals surface area contributed by atoms with E-state index in [0.717, 1.165) is 12.1 Å². The second-order valence-electron chi connectivity index (χ2n) is 19.7. The zero-order valence-corrected chi connectivity index (χ0v) is 48.1. The van der Waals surface area contributed by atoms with E-state index in [9.17, 15) is 87.2 Å². The average molecular weight is 1240 g/mol. The largest absolute Gasteiger partial charge is 0.420 e. The number of unbranched alkanes of at least 4 members (excludes halogenated alkanes) is 2. The Hall–Kier alpha value is -6.25. The number of hydrogen-bond acceptors (Lipinski definition) is 14. The number of carbonyl (C=O) groups is 1. The lowest BCUT2D eigenvalue weighted by Gasteiger charge is -2.30. The molecule has 82 heavy (non-hydrogen) atoms. The van der Waals surface area contributed by atoms with Crippen LogP contribution in [-0.4, -0.2) is 114 Å². The monoisotopic (exact) mass is 1240 g/mol. The summed E-state index contributed by atoms with van der Waals surface area (Å²) in [5.41, 5.74) is 0.232. The normalized spacial score (nSPS) is 18.6. The van der Waals surface area contributed by atoms with Crippen molar-refractivity contribution in [1.29, 1.82) is 0 Å². The van der Waals surface area contributed by atoms with E-state index in [-0.39, 0.29) is 85.8 Å². The molecule has 5 aromatic carbocycles. The van der Waals surface area contributed by atoms with Crippen LogP contribution in [0.4, 0.5) is 28.9 Å². The fourth-order valence-electron chi connectivity index (χ4n) is 10.7. The Morgan fingerprint density at radius 1 is 0.634 bits per heavy atom. The third kappa shape index (κ3) is 13.1. The predicted molar refractivity (Wildman–Crippen MR) is 293 cm³/mol. The van der Waals surface area contributed by atoms with E-state index in [0.29, 0.717) is 46.0 Å². The molecule has 2 heterocycles. The molecule has 0 radical (unpaired) electrons. The molecular weight excluding hydrogens is 1190 g/mol. The molecule has 0 saturated heterocycles. The second-order valence-corrected chi connectivity index (χ2v) is 26.9. The molecule has 0 bridgehead atoms. The maximum Gasteiger partial charge on any atom is 0.311 e. The standard InChI is InChI=1S/C53H54F4N2O18S5/c1-5-58-40-20-18-34-36(27-32(79(64,65)66)29-42(34)81(70,71)72)47(40)52(2,22-14-26-78(61,62)63)44(58)15-10-7-6-8-11-16-45-53(3,23-25-76-4)48-37-28-33(80(67,68)69)30-43(82(73,74)75)35(37)19-21-41(48)59(45)24-13-9-12-17-46(60)77-51-49(56)38(54)31-39(55)50(51)57/h6-8,10-11,15-16,18-21,27-31H,5,9,12-14,17,22-26H2,1-4H3,(H4-,61,62,63,64,65,66,67,68,69,70,71,72,73,74,75)/p+1. The molecule has 2 unspecified atom stereocenters. The van der Waals surface area contributed by atoms with Crippen molar-refractivity contribution in [3.05, 3.63) is 137 Å². The number of nitrogens with zero attached hydrogens (tertiary/aromatic N) is 2. The van der Waals surface area contributed by atoms with Gasteiger partial charge in [-0.1, -0.05) is 36.4 Å². The number of ether oxygens (including phenoxy) is 2. The minimum absolute atomic E-state index is 0.00564. The zero-order valence-electron chi connectivity index (χ0n) is 44.0. The first kappa shape index (κ1) is 63.3. The smallest absolute Gasteiger partial charge is 0.311 e. The number of esters is 1. The van der Waals surface area contributed by atoms with Crippen LogP contribution >= 0.6 is 0 Å². The molecule has 5 N–H and O–H groups in total. The Balaban J connectivity index is 1.28. The minimum Gasteiger partial charge on any atom is -0.420 e. The van der Waals surface area contributed by atoms with Gasteiger partial charge in [-0.3, -0.25) is 27.6 Å². The van der Waals surface area contributed by atoms with E-state index in [2.05, 4.69) is 4.74 Å². The Labute approximate surface area is 470 Å². The number of methoxy groups -OCH3 is 1. The van der Waals surface area contributed by atoms with Crippen LogP contribution in [0.3, 0.4) is 0 Å². The Morgan fingerprint density at radius 2 is 1.18 bits per heavy atom. The lowest BCUT2D eigenvalue weighted by molar-refractivity contribution is -0.438. The van der Waals surface area contributed by atoms with Crippen LogP contribution in [0.1, 0.15) is 76.8 Å². The van der Waals surface area contributed by atoms with Gasteiger partial charge in [-0.15, -0.1) is 0 Å². The first-order valence-corrected chi connectivity index (χ1v) is 32.2. The number of allylic oxidation sites excluding steroid dienone is 8. The summed E-state index contributed by atoms with van der Waals surface area (Å²) >= 11 is 0. The Bertz CT molecular complexity index is 4180. The molecule has 0 amide bonds. The molecule has 0 aliphatic carbocycles. The highest BCUT2D eigenvalue weighted by Gasteiger charge is 2.49. The molecule has 442 valence electrons. The van der Waals surface area contributed by atoms with Crippen LogP contribution < -0.4 is 9.64 Å². The maximum absolute atomic E-state index is 14.2. The van der Waals surface area contributed by atoms with E-state index < -0.39 is 128 Å². The molecule has 0 fully saturated rings. The van der Waals surface area contributed by atoms with Crippen LogP contribution in [0.15, 0.2) is 122 Å². The van der Waals surface area contributed by atoms with Gasteiger partial charge in [0.25, 0.3) is 50.6 Å². The Kier molecular flexibility index (Phi) is 18.4. The number of anilines is 1. The molecule has 2 aliphatic rings. The van der Waals surface area contributed by atoms with Crippen molar-refractivity contribution in [3.63, 3.8) is 0 Å². The quantitative estimate of drug-likeness (QED) is 0.00595. The van der Waals surface area contributed by atoms with Gasteiger partial charge in [-0.05, 0) is 112 Å². The van der Waals surface area contributed by atoms with E-state index in [1.54, 1.807) is 75.4 Å². The predicted octanol–water partition coefficient (Wildman–Crippen LogP) is 9.11. The molecule has 2 aliphatic heterocycles. The molecule has 0 aromatic heterocycles. The minimum atomic E-state index is -5.12. The lowest BCUT2D eigenvalue weighted by Crippen LogP contribution is -2.33. The summed E-state index contributed by atoms with van der Waals surface area (Å²) in [4.78, 5) is 11.1. The van der Waals surface area contributed by atoms with Crippen molar-refractivity contribution in [2.75, 3.05) is 37.5 Å². The molecule has 0 spiro atoms. The Morgan fingerprint density at radius 3 is 1.72 bits per heavy atom. The molecule has 20 nitrogen and oxygen atoms in total. The summed E-state index contributed by atoms with van der Waals surface area (Å²) in [6.45, 7) is 5.77. The summed E-state index contributed by atoms with van der Waals surface area (Å²) in [6.07, 6.45) is 11.7. The summed E-state index contributed by atoms with van der Waals surface area (Å²) < 4.78 is 243. The topological polar surface area (TPSA) is 314 Å². The number of benzene rings is 5. The highest BCUT2D eigenvalue weighted by Crippen LogP contribution is 2.54. The lowest BCUT2D eigenvalue weighted by atomic mass is 9.75. The van der Waals surface area contributed by atoms with Gasteiger partial charge >= 0.3 is 5.97 Å². The van der Waals surface area contributed by atoms with Crippen LogP contribution in [0, 0.1) is 23.3 Å². The van der Waals surface area contributed by atoms with E-state index in [1.807, 2.05) is 9.48 Å². The van der Waals surface area contributed by atoms with Crippen molar-refractivity contribution < 1.29 is 101 Å². The van der Waals surface area contributed by atoms with Gasteiger partial charge < -0.3 is 14.4 Å². The second kappa shape index (κ2) is 23.8. The van der Waals surface area contributed by atoms with Gasteiger partial charge in [-0.25, -0.2) is 8.78 Å². The van der Waals surface area contributed by atoms with Crippen molar-refractivity contribution in [2.45, 2.75) is 96.1 Å². The SMILES string of the molecule is CCN1C(=CC=CC=CC=CC2=[N+](CCCCCC(=O)Oc3c(F)c(F)cc(F)c3F)c3ccc4c(S(=O)(=O)O)cc(S(=O)(=O)O)cc4c3C2(C)CCOC)C(C)(CCCS(=O)(=O)O)c2c1ccc1c(S(=O)(=O)O)cc(S(=O)(=O)O)cc21. The third-order valence-electron chi connectivity index (χ3n) is 14.4. The van der Waals surface area contributed by atoms with Crippen LogP contribution in [0.2, 0.25) is 0 Å². The summed E-state index contributed by atoms with van der Waals surface area (Å²) in [7, 11) is -23.4. The number of carbonyl (C=O) groups excluding carboxylic acids is 1. The molecule has 29 heteroatoms. The molecule has 5 aromatic rings. The van der Waals surface area contributed by atoms with Crippen molar-refractivity contribution in [1.82, 2.24) is 0 Å². The summed E-state index contributed by atoms with van der Waals surface area (Å²) in [6, 6.07) is 9.13. The zero-order chi connectivity index (χ0) is 60.7. The van der Waals surface area contributed by atoms with Crippen molar-refractivity contribution in [3.8, 4) is 5.75 Å². The number of likely N-dealkylation sites (N-methyl/N-ethyl adjacent to an activating group) is 1. The van der Waals surface area contributed by atoms with Gasteiger partial charge in [0, 0.05) is 84.4 Å². The highest BCUT2D eigenvalue weighted by atomic mass is 32.2. The van der Waals surface area contributed by atoms with E-state index >= 15 is 0 Å². The fourth-order valence-corrected chi connectivity index (χ4v) is 13.9. The van der Waals surface area contributed by atoms with Crippen molar-refractivity contribution >= 4 is 95.2 Å². The first-order valence-electron chi connectivity index (χ1n) is 24.8. The average Bonchev–Trinajstić information content (AvgIpc) is 1.80. The van der Waals surface area contributed by atoms with Gasteiger partial charge in [0.1, 0.15) is 16.3 Å². The summed E-state index contributed by atoms with van der Waals surface area (Å²) in [5.74, 6) is -10.7. The fraction of sp³-hybridized carbons (Fsp3) is 0.321. The van der Waals surface area contributed by atoms with Crippen LogP contribution in [-0.2, 0) is 71.0 Å². The van der Waals surface area contributed by atoms with Crippen molar-refractivity contribution in [2.24, 2.45) is 0 Å². The van der Waals surface area contributed by atoms with E-state index in [1.165, 1.54) is 19.2 Å². The number of hydrogen-bond donors (Lipinski definition) is 5. The van der Waals surface area contributed by atoms with Gasteiger partial charge in [0.2, 0.25) is 23.1 Å². The van der Waals surface area contributed by atoms with Gasteiger partial charge in [-0.2, -0.15) is 55.4 Å². The number of halogens is 4. The maximum atomic E-state index is 14.2. The number of fused-ring (bicyclic) bond motifs is 6. The van der Waals surface area contributed by atoms with Crippen LogP contribution in [0.5, 0.6) is 5.75 Å². The first-order chi connectivity index (χ1) is 38.1. The van der Waals surface area contributed by atoms with Crippen LogP contribution in [0.25, 0.3) is 21.5 Å². The third-order valence-corrected chi connectivity index (χ3v) is 18.6. The molecule has 2 atom stereocenters. The highest BCUT2D eigenvalue weighted by molar-refractivity contribution is 7.87. The molecular formula is C53H55F4N2O18S5+. The molecule has 7 rings (SSSR count). The number of rotatable bonds is 23. The summed E-state index contributed by atoms with van der Waals surface area (Å²) in [5, 5.41) is -0.160. The van der Waals surface area contributed by atoms with Gasteiger partial charge in [0.05, 0.1) is 21.0 Å². The molecule has 0 saturated carbocycles. The van der Waals surface area contributed by atoms with Gasteiger partial charge in [0.15, 0.2) is 17.3 Å². The van der Waals surface area contributed by atoms with E-state index in [4.69, 9.17) is 4.74 Å².